The summed E-state index contributed by atoms with van der Waals surface area (Å²) in [6.45, 7) is 0.778. The molecule has 0 saturated carbocycles. The molecule has 6 rings (SSSR count). The van der Waals surface area contributed by atoms with E-state index >= 15 is 4.39 Å². The van der Waals surface area contributed by atoms with Crippen molar-refractivity contribution in [3.63, 3.8) is 0 Å². The minimum atomic E-state index is -0.668. The smallest absolute Gasteiger partial charge is 0.329 e. The maximum atomic E-state index is 15.1. The molecule has 0 N–H and O–H groups in total. The molecule has 5 heterocycles. The summed E-state index contributed by atoms with van der Waals surface area (Å²) in [7, 11) is 1.68. The summed E-state index contributed by atoms with van der Waals surface area (Å²) >= 11 is 0. The highest BCUT2D eigenvalue weighted by molar-refractivity contribution is 6.09. The quantitative estimate of drug-likeness (QED) is 0.462. The molecule has 9 heteroatoms. The number of ether oxygens (including phenoxy) is 2. The molecule has 1 aromatic carbocycles. The molecule has 1 fully saturated rings. The number of aromatic nitrogens is 4. The Hall–Kier alpha value is -3.33. The van der Waals surface area contributed by atoms with Gasteiger partial charge in [-0.2, -0.15) is 4.39 Å². The summed E-state index contributed by atoms with van der Waals surface area (Å²) in [4.78, 5) is 21.1. The molecule has 146 valence electrons. The van der Waals surface area contributed by atoms with Crippen molar-refractivity contribution in [2.75, 3.05) is 19.8 Å². The van der Waals surface area contributed by atoms with Gasteiger partial charge in [0.2, 0.25) is 5.95 Å². The SMILES string of the molecule is Cn1c(=O)n2c3c4c(c(-c5ccc(F)nc5)c(F)cc4ncc31)OCC21COC1. The first-order valence-corrected chi connectivity index (χ1v) is 9.06. The Morgan fingerprint density at radius 3 is 2.66 bits per heavy atom. The number of benzene rings is 1. The third-order valence-corrected chi connectivity index (χ3v) is 5.80. The normalized spacial score (nSPS) is 16.9. The highest BCUT2D eigenvalue weighted by Crippen LogP contribution is 2.45. The number of imidazole rings is 1. The first-order valence-electron chi connectivity index (χ1n) is 9.06. The Morgan fingerprint density at radius 1 is 1.14 bits per heavy atom. The van der Waals surface area contributed by atoms with Crippen LogP contribution in [-0.2, 0) is 17.3 Å². The standard InChI is InChI=1S/C20H14F2N4O3/c1-25-13-6-23-12-4-11(21)15(10-2-3-14(22)24-5-10)18-16(12)17(13)26(19(25)27)20(9-29-18)7-28-8-20/h2-6H,7-9H2,1H3. The highest BCUT2D eigenvalue weighted by Gasteiger charge is 2.46. The molecular weight excluding hydrogens is 382 g/mol. The van der Waals surface area contributed by atoms with Crippen LogP contribution in [0.4, 0.5) is 8.78 Å². The summed E-state index contributed by atoms with van der Waals surface area (Å²) in [6.07, 6.45) is 2.83. The number of rotatable bonds is 1. The molecule has 0 atom stereocenters. The van der Waals surface area contributed by atoms with Crippen molar-refractivity contribution in [1.29, 1.82) is 0 Å². The molecule has 0 aliphatic carbocycles. The Morgan fingerprint density at radius 2 is 1.97 bits per heavy atom. The van der Waals surface area contributed by atoms with Crippen LogP contribution in [0.2, 0.25) is 0 Å². The van der Waals surface area contributed by atoms with Gasteiger partial charge in [-0.1, -0.05) is 0 Å². The van der Waals surface area contributed by atoms with Crippen LogP contribution in [0.25, 0.3) is 33.1 Å². The maximum Gasteiger partial charge on any atom is 0.329 e. The first-order chi connectivity index (χ1) is 14.0. The predicted molar refractivity (Wildman–Crippen MR) is 99.9 cm³/mol. The molecule has 4 aromatic rings. The first kappa shape index (κ1) is 16.6. The van der Waals surface area contributed by atoms with Crippen LogP contribution in [-0.4, -0.2) is 38.9 Å². The minimum absolute atomic E-state index is 0.140. The predicted octanol–water partition coefficient (Wildman–Crippen LogP) is 2.35. The Kier molecular flexibility index (Phi) is 3.08. The molecule has 1 spiro atoms. The second-order valence-corrected chi connectivity index (χ2v) is 7.50. The van der Waals surface area contributed by atoms with Crippen molar-refractivity contribution in [1.82, 2.24) is 19.1 Å². The van der Waals surface area contributed by atoms with E-state index in [1.807, 2.05) is 0 Å². The zero-order valence-corrected chi connectivity index (χ0v) is 15.3. The summed E-state index contributed by atoms with van der Waals surface area (Å²) in [5.41, 5.74) is 1.30. The lowest BCUT2D eigenvalue weighted by atomic mass is 9.98. The van der Waals surface area contributed by atoms with Gasteiger partial charge in [0.15, 0.2) is 0 Å². The van der Waals surface area contributed by atoms with Crippen LogP contribution in [0, 0.1) is 11.8 Å². The van der Waals surface area contributed by atoms with E-state index in [0.29, 0.717) is 40.7 Å². The van der Waals surface area contributed by atoms with Crippen LogP contribution < -0.4 is 10.4 Å². The molecule has 0 bridgehead atoms. The molecule has 3 aromatic heterocycles. The number of aryl methyl sites for hydroxylation is 1. The Bertz CT molecular complexity index is 1390. The van der Waals surface area contributed by atoms with Gasteiger partial charge in [-0.3, -0.25) is 14.1 Å². The molecule has 0 amide bonds. The van der Waals surface area contributed by atoms with Crippen LogP contribution in [0.1, 0.15) is 0 Å². The number of hydrogen-bond acceptors (Lipinski definition) is 5. The van der Waals surface area contributed by atoms with E-state index < -0.39 is 17.3 Å². The third-order valence-electron chi connectivity index (χ3n) is 5.80. The lowest BCUT2D eigenvalue weighted by molar-refractivity contribution is -0.118. The highest BCUT2D eigenvalue weighted by atomic mass is 19.1. The lowest BCUT2D eigenvalue weighted by Crippen LogP contribution is -2.58. The van der Waals surface area contributed by atoms with Crippen LogP contribution in [0.3, 0.4) is 0 Å². The van der Waals surface area contributed by atoms with Gasteiger partial charge in [0.1, 0.15) is 23.7 Å². The maximum absolute atomic E-state index is 15.1. The van der Waals surface area contributed by atoms with Gasteiger partial charge in [-0.25, -0.2) is 14.2 Å². The molecule has 29 heavy (non-hydrogen) atoms. The fourth-order valence-electron chi connectivity index (χ4n) is 4.28. The average molecular weight is 396 g/mol. The van der Waals surface area contributed by atoms with Crippen molar-refractivity contribution < 1.29 is 18.3 Å². The Labute approximate surface area is 162 Å². The zero-order chi connectivity index (χ0) is 19.9. The van der Waals surface area contributed by atoms with Crippen molar-refractivity contribution in [2.24, 2.45) is 7.05 Å². The van der Waals surface area contributed by atoms with Gasteiger partial charge >= 0.3 is 5.69 Å². The molecule has 0 unspecified atom stereocenters. The second kappa shape index (κ2) is 5.38. The van der Waals surface area contributed by atoms with Gasteiger partial charge in [-0.05, 0) is 12.1 Å². The zero-order valence-electron chi connectivity index (χ0n) is 15.3. The summed E-state index contributed by atoms with van der Waals surface area (Å²) in [5.74, 6) is -0.943. The van der Waals surface area contributed by atoms with Crippen LogP contribution >= 0.6 is 0 Å². The lowest BCUT2D eigenvalue weighted by Gasteiger charge is -2.40. The summed E-state index contributed by atoms with van der Waals surface area (Å²) in [5, 5.41) is 0.546. The third kappa shape index (κ3) is 2.00. The fourth-order valence-corrected chi connectivity index (χ4v) is 4.28. The van der Waals surface area contributed by atoms with E-state index in [2.05, 4.69) is 9.97 Å². The molecule has 2 aliphatic rings. The largest absolute Gasteiger partial charge is 0.489 e. The van der Waals surface area contributed by atoms with E-state index in [1.54, 1.807) is 17.8 Å². The Balaban J connectivity index is 1.80. The van der Waals surface area contributed by atoms with Crippen LogP contribution in [0.15, 0.2) is 35.4 Å². The van der Waals surface area contributed by atoms with Crippen molar-refractivity contribution in [3.8, 4) is 16.9 Å². The van der Waals surface area contributed by atoms with Crippen molar-refractivity contribution >= 4 is 21.9 Å². The second-order valence-electron chi connectivity index (χ2n) is 7.50. The van der Waals surface area contributed by atoms with Crippen molar-refractivity contribution in [3.05, 3.63) is 52.8 Å². The van der Waals surface area contributed by atoms with E-state index in [-0.39, 0.29) is 23.6 Å². The van der Waals surface area contributed by atoms with E-state index in [0.717, 1.165) is 0 Å². The van der Waals surface area contributed by atoms with Crippen LogP contribution in [0.5, 0.6) is 5.75 Å². The van der Waals surface area contributed by atoms with E-state index in [4.69, 9.17) is 9.47 Å². The number of hydrogen-bond donors (Lipinski definition) is 0. The topological polar surface area (TPSA) is 71.2 Å². The van der Waals surface area contributed by atoms with Gasteiger partial charge < -0.3 is 9.47 Å². The molecule has 2 aliphatic heterocycles. The fraction of sp³-hybridized carbons (Fsp3) is 0.250. The van der Waals surface area contributed by atoms with Gasteiger partial charge in [-0.15, -0.1) is 0 Å². The minimum Gasteiger partial charge on any atom is -0.489 e. The molecule has 7 nitrogen and oxygen atoms in total. The molecular formula is C20H14F2N4O3. The molecule has 0 radical (unpaired) electrons. The van der Waals surface area contributed by atoms with E-state index in [9.17, 15) is 9.18 Å². The number of pyridine rings is 2. The van der Waals surface area contributed by atoms with Gasteiger partial charge in [0.25, 0.3) is 0 Å². The van der Waals surface area contributed by atoms with E-state index in [1.165, 1.54) is 29.0 Å². The number of nitrogens with zero attached hydrogens (tertiary/aromatic N) is 4. The van der Waals surface area contributed by atoms with Crippen molar-refractivity contribution in [2.45, 2.75) is 5.54 Å². The molecule has 1 saturated heterocycles. The number of fused-ring (bicyclic) bond motifs is 1. The van der Waals surface area contributed by atoms with Gasteiger partial charge in [0, 0.05) is 24.9 Å². The average Bonchev–Trinajstić information content (AvgIpc) is 2.84. The summed E-state index contributed by atoms with van der Waals surface area (Å²) in [6, 6.07) is 3.92. The summed E-state index contributed by atoms with van der Waals surface area (Å²) < 4.78 is 43.2. The monoisotopic (exact) mass is 396 g/mol. The number of halogens is 2. The van der Waals surface area contributed by atoms with Gasteiger partial charge in [0.05, 0.1) is 46.9 Å².